The highest BCUT2D eigenvalue weighted by molar-refractivity contribution is 5.90. The Morgan fingerprint density at radius 1 is 1.12 bits per heavy atom. The number of amides is 2. The Balaban J connectivity index is 1.32. The molecule has 1 N–H and O–H groups in total. The number of aromatic nitrogens is 1. The molecule has 0 atom stereocenters. The molecule has 0 saturated carbocycles. The Morgan fingerprint density at radius 2 is 1.96 bits per heavy atom. The summed E-state index contributed by atoms with van der Waals surface area (Å²) in [5.41, 5.74) is 1.60. The summed E-state index contributed by atoms with van der Waals surface area (Å²) < 4.78 is 11.0. The Labute approximate surface area is 151 Å². The normalized spacial score (nSPS) is 14.0. The number of carbonyl (C=O) groups excluding carboxylic acids is 1. The fourth-order valence-electron chi connectivity index (χ4n) is 2.87. The monoisotopic (exact) mass is 349 g/mol. The van der Waals surface area contributed by atoms with Crippen LogP contribution in [0.2, 0.25) is 0 Å². The Morgan fingerprint density at radius 3 is 2.81 bits per heavy atom. The Kier molecular flexibility index (Phi) is 4.31. The third kappa shape index (κ3) is 3.39. The van der Waals surface area contributed by atoms with Crippen molar-refractivity contribution < 1.29 is 14.3 Å². The van der Waals surface area contributed by atoms with E-state index in [2.05, 4.69) is 10.3 Å². The molecule has 0 bridgehead atoms. The quantitative estimate of drug-likeness (QED) is 0.782. The summed E-state index contributed by atoms with van der Waals surface area (Å²) in [6, 6.07) is 18.9. The second-order valence-electron chi connectivity index (χ2n) is 6.15. The van der Waals surface area contributed by atoms with Crippen molar-refractivity contribution in [2.75, 3.05) is 25.5 Å². The molecule has 2 heterocycles. The molecular weight excluding hydrogens is 330 g/mol. The largest absolute Gasteiger partial charge is 0.497 e. The Hall–Kier alpha value is -3.28. The van der Waals surface area contributed by atoms with E-state index in [1.807, 2.05) is 54.6 Å². The minimum Gasteiger partial charge on any atom is -0.497 e. The molecule has 3 aromatic rings. The maximum atomic E-state index is 12.3. The van der Waals surface area contributed by atoms with Crippen molar-refractivity contribution in [2.24, 2.45) is 0 Å². The van der Waals surface area contributed by atoms with Crippen LogP contribution in [0.1, 0.15) is 0 Å². The number of benzene rings is 2. The van der Waals surface area contributed by atoms with Gasteiger partial charge in [0.15, 0.2) is 0 Å². The number of carbonyl (C=O) groups is 1. The molecule has 0 spiro atoms. The first kappa shape index (κ1) is 16.2. The summed E-state index contributed by atoms with van der Waals surface area (Å²) in [5, 5.41) is 3.94. The molecule has 1 saturated heterocycles. The van der Waals surface area contributed by atoms with Gasteiger partial charge in [0.05, 0.1) is 25.7 Å². The number of nitrogens with zero attached hydrogens (tertiary/aromatic N) is 2. The molecule has 1 aliphatic rings. The lowest BCUT2D eigenvalue weighted by Gasteiger charge is -2.38. The van der Waals surface area contributed by atoms with E-state index < -0.39 is 0 Å². The van der Waals surface area contributed by atoms with Crippen LogP contribution in [0.3, 0.4) is 0 Å². The van der Waals surface area contributed by atoms with Crippen molar-refractivity contribution in [1.29, 1.82) is 0 Å². The number of rotatable bonds is 4. The number of likely N-dealkylation sites (tertiary alicyclic amines) is 1. The van der Waals surface area contributed by atoms with Gasteiger partial charge in [0.25, 0.3) is 0 Å². The molecule has 1 aliphatic heterocycles. The van der Waals surface area contributed by atoms with Crippen molar-refractivity contribution in [3.05, 3.63) is 60.7 Å². The van der Waals surface area contributed by atoms with Gasteiger partial charge in [-0.25, -0.2) is 9.78 Å². The summed E-state index contributed by atoms with van der Waals surface area (Å²) in [5.74, 6) is 1.29. The van der Waals surface area contributed by atoms with Crippen molar-refractivity contribution >= 4 is 22.6 Å². The van der Waals surface area contributed by atoms with Gasteiger partial charge in [-0.2, -0.15) is 0 Å². The number of methoxy groups -OCH3 is 1. The average molecular weight is 349 g/mol. The molecule has 1 aromatic heterocycles. The van der Waals surface area contributed by atoms with E-state index in [4.69, 9.17) is 9.47 Å². The summed E-state index contributed by atoms with van der Waals surface area (Å²) in [4.78, 5) is 18.5. The Bertz CT molecular complexity index is 938. The van der Waals surface area contributed by atoms with Crippen LogP contribution in [0.4, 0.5) is 10.5 Å². The summed E-state index contributed by atoms with van der Waals surface area (Å²) >= 11 is 0. The number of urea groups is 1. The van der Waals surface area contributed by atoms with Crippen LogP contribution in [-0.2, 0) is 0 Å². The van der Waals surface area contributed by atoms with E-state index in [-0.39, 0.29) is 12.1 Å². The zero-order valence-corrected chi connectivity index (χ0v) is 14.4. The lowest BCUT2D eigenvalue weighted by Crippen LogP contribution is -2.57. The lowest BCUT2D eigenvalue weighted by molar-refractivity contribution is 0.0463. The molecule has 132 valence electrons. The van der Waals surface area contributed by atoms with Crippen molar-refractivity contribution in [2.45, 2.75) is 6.10 Å². The molecule has 6 heteroatoms. The number of pyridine rings is 1. The molecule has 26 heavy (non-hydrogen) atoms. The SMILES string of the molecule is COc1cccc(NC(=O)N2CC(Oc3ccc4ccccc4n3)C2)c1. The minimum atomic E-state index is -0.149. The highest BCUT2D eigenvalue weighted by Crippen LogP contribution is 2.22. The molecule has 6 nitrogen and oxygen atoms in total. The van der Waals surface area contributed by atoms with Crippen molar-refractivity contribution in [3.8, 4) is 11.6 Å². The minimum absolute atomic E-state index is 0.0419. The summed E-state index contributed by atoms with van der Waals surface area (Å²) in [7, 11) is 1.60. The number of anilines is 1. The molecular formula is C20H19N3O3. The van der Waals surface area contributed by atoms with E-state index in [9.17, 15) is 4.79 Å². The highest BCUT2D eigenvalue weighted by atomic mass is 16.5. The van der Waals surface area contributed by atoms with Gasteiger partial charge in [-0.05, 0) is 24.3 Å². The van der Waals surface area contributed by atoms with Crippen LogP contribution >= 0.6 is 0 Å². The highest BCUT2D eigenvalue weighted by Gasteiger charge is 2.32. The number of hydrogen-bond acceptors (Lipinski definition) is 4. The number of fused-ring (bicyclic) bond motifs is 1. The predicted octanol–water partition coefficient (Wildman–Crippen LogP) is 3.54. The van der Waals surface area contributed by atoms with Crippen LogP contribution in [0, 0.1) is 0 Å². The second-order valence-corrected chi connectivity index (χ2v) is 6.15. The first-order chi connectivity index (χ1) is 12.7. The van der Waals surface area contributed by atoms with Crippen LogP contribution in [0.5, 0.6) is 11.6 Å². The third-order valence-corrected chi connectivity index (χ3v) is 4.32. The molecule has 2 aromatic carbocycles. The summed E-state index contributed by atoms with van der Waals surface area (Å²) in [6.07, 6.45) is -0.0419. The second kappa shape index (κ2) is 6.92. The lowest BCUT2D eigenvalue weighted by atomic mass is 10.2. The molecule has 0 aliphatic carbocycles. The molecule has 0 unspecified atom stereocenters. The molecule has 1 fully saturated rings. The number of hydrogen-bond donors (Lipinski definition) is 1. The van der Waals surface area contributed by atoms with Crippen LogP contribution in [-0.4, -0.2) is 42.2 Å². The fraction of sp³-hybridized carbons (Fsp3) is 0.200. The fourth-order valence-corrected chi connectivity index (χ4v) is 2.87. The van der Waals surface area contributed by atoms with E-state index in [1.54, 1.807) is 18.1 Å². The van der Waals surface area contributed by atoms with Crippen molar-refractivity contribution in [1.82, 2.24) is 9.88 Å². The first-order valence-electron chi connectivity index (χ1n) is 8.44. The van der Waals surface area contributed by atoms with E-state index in [1.165, 1.54) is 0 Å². The van der Waals surface area contributed by atoms with Gasteiger partial charge in [0.2, 0.25) is 5.88 Å². The third-order valence-electron chi connectivity index (χ3n) is 4.32. The number of ether oxygens (including phenoxy) is 2. The summed E-state index contributed by atoms with van der Waals surface area (Å²) in [6.45, 7) is 1.06. The molecule has 0 radical (unpaired) electrons. The van der Waals surface area contributed by atoms with Crippen molar-refractivity contribution in [3.63, 3.8) is 0 Å². The smallest absolute Gasteiger partial charge is 0.322 e. The maximum absolute atomic E-state index is 12.3. The van der Waals surface area contributed by atoms with Crippen LogP contribution in [0.25, 0.3) is 10.9 Å². The average Bonchev–Trinajstić information content (AvgIpc) is 2.64. The molecule has 4 rings (SSSR count). The topological polar surface area (TPSA) is 63.7 Å². The number of para-hydroxylation sites is 1. The molecule has 2 amide bonds. The van der Waals surface area contributed by atoms with Gasteiger partial charge < -0.3 is 19.7 Å². The van der Waals surface area contributed by atoms with Gasteiger partial charge in [-0.1, -0.05) is 24.3 Å². The van der Waals surface area contributed by atoms with E-state index >= 15 is 0 Å². The van der Waals surface area contributed by atoms with Gasteiger partial charge in [-0.15, -0.1) is 0 Å². The zero-order valence-electron chi connectivity index (χ0n) is 14.4. The van der Waals surface area contributed by atoms with Gasteiger partial charge in [0, 0.05) is 23.2 Å². The van der Waals surface area contributed by atoms with Gasteiger partial charge in [0.1, 0.15) is 11.9 Å². The van der Waals surface area contributed by atoms with Gasteiger partial charge >= 0.3 is 6.03 Å². The predicted molar refractivity (Wildman–Crippen MR) is 99.7 cm³/mol. The van der Waals surface area contributed by atoms with Crippen LogP contribution in [0.15, 0.2) is 60.7 Å². The standard InChI is InChI=1S/C20H19N3O3/c1-25-16-7-4-6-15(11-16)21-20(24)23-12-17(13-23)26-19-10-9-14-5-2-3-8-18(14)22-19/h2-11,17H,12-13H2,1H3,(H,21,24). The number of nitrogens with one attached hydrogen (secondary N) is 1. The maximum Gasteiger partial charge on any atom is 0.322 e. The van der Waals surface area contributed by atoms with E-state index in [0.29, 0.717) is 30.4 Å². The van der Waals surface area contributed by atoms with E-state index in [0.717, 1.165) is 10.9 Å². The van der Waals surface area contributed by atoms with Gasteiger partial charge in [-0.3, -0.25) is 0 Å². The van der Waals surface area contributed by atoms with Crippen LogP contribution < -0.4 is 14.8 Å². The first-order valence-corrected chi connectivity index (χ1v) is 8.44. The zero-order chi connectivity index (χ0) is 17.9.